The summed E-state index contributed by atoms with van der Waals surface area (Å²) in [5.41, 5.74) is 1.68. The number of aromatic carboxylic acids is 1. The van der Waals surface area contributed by atoms with Crippen LogP contribution in [0.3, 0.4) is 0 Å². The number of para-hydroxylation sites is 1. The number of amides is 1. The van der Waals surface area contributed by atoms with Crippen LogP contribution < -0.4 is 4.74 Å². The van der Waals surface area contributed by atoms with Crippen LogP contribution in [0.5, 0.6) is 5.75 Å². The summed E-state index contributed by atoms with van der Waals surface area (Å²) in [5.74, 6) is -1.55. The molecule has 0 bridgehead atoms. The minimum Gasteiger partial charge on any atom is -0.478 e. The Morgan fingerprint density at radius 3 is 2.58 bits per heavy atom. The number of likely N-dealkylation sites (N-methyl/N-ethyl adjacent to an activating group) is 1. The molecule has 0 unspecified atom stereocenters. The number of nitrogens with zero attached hydrogens (tertiary/aromatic N) is 1. The zero-order valence-electron chi connectivity index (χ0n) is 13.0. The molecule has 1 amide bonds. The number of hydrogen-bond acceptors (Lipinski definition) is 3. The Balaban J connectivity index is 1.66. The van der Waals surface area contributed by atoms with Gasteiger partial charge in [-0.25, -0.2) is 9.18 Å². The first kappa shape index (κ1) is 16.0. The highest BCUT2D eigenvalue weighted by molar-refractivity contribution is 5.87. The molecule has 2 aromatic rings. The van der Waals surface area contributed by atoms with E-state index in [0.29, 0.717) is 18.5 Å². The van der Waals surface area contributed by atoms with Gasteiger partial charge in [0, 0.05) is 25.6 Å². The van der Waals surface area contributed by atoms with Crippen LogP contribution in [-0.2, 0) is 17.8 Å². The van der Waals surface area contributed by atoms with E-state index in [1.807, 2.05) is 0 Å². The normalized spacial score (nSPS) is 15.5. The molecule has 6 heteroatoms. The van der Waals surface area contributed by atoms with Crippen LogP contribution in [0.1, 0.15) is 21.5 Å². The first-order valence-electron chi connectivity index (χ1n) is 7.47. The third kappa shape index (κ3) is 3.08. The van der Waals surface area contributed by atoms with Crippen molar-refractivity contribution in [2.24, 2.45) is 0 Å². The van der Waals surface area contributed by atoms with Crippen molar-refractivity contribution in [3.63, 3.8) is 0 Å². The van der Waals surface area contributed by atoms with E-state index in [0.717, 1.165) is 5.56 Å². The van der Waals surface area contributed by atoms with Gasteiger partial charge in [0.05, 0.1) is 5.56 Å². The molecule has 0 spiro atoms. The summed E-state index contributed by atoms with van der Waals surface area (Å²) >= 11 is 0. The van der Waals surface area contributed by atoms with Crippen LogP contribution in [-0.4, -0.2) is 35.0 Å². The van der Waals surface area contributed by atoms with Gasteiger partial charge in [0.1, 0.15) is 0 Å². The van der Waals surface area contributed by atoms with Gasteiger partial charge in [0.25, 0.3) is 5.91 Å². The monoisotopic (exact) mass is 329 g/mol. The lowest BCUT2D eigenvalue weighted by atomic mass is 10.1. The molecule has 1 heterocycles. The summed E-state index contributed by atoms with van der Waals surface area (Å²) in [6.07, 6.45) is -0.394. The smallest absolute Gasteiger partial charge is 0.335 e. The van der Waals surface area contributed by atoms with Crippen LogP contribution in [0.4, 0.5) is 4.39 Å². The van der Waals surface area contributed by atoms with Gasteiger partial charge in [0.2, 0.25) is 0 Å². The summed E-state index contributed by atoms with van der Waals surface area (Å²) < 4.78 is 19.1. The standard InChI is InChI=1S/C18H16FNO4/c1-20(10-11-5-7-12(8-6-11)18(22)23)17(21)15-9-13-3-2-4-14(19)16(13)24-15/h2-8,15H,9-10H2,1H3,(H,22,23)/t15-/m1/s1. The maximum Gasteiger partial charge on any atom is 0.335 e. The summed E-state index contributed by atoms with van der Waals surface area (Å²) in [4.78, 5) is 24.8. The van der Waals surface area contributed by atoms with E-state index in [-0.39, 0.29) is 17.2 Å². The van der Waals surface area contributed by atoms with Gasteiger partial charge in [0.15, 0.2) is 17.7 Å². The van der Waals surface area contributed by atoms with Gasteiger partial charge in [-0.15, -0.1) is 0 Å². The first-order chi connectivity index (χ1) is 11.5. The van der Waals surface area contributed by atoms with Crippen molar-refractivity contribution < 1.29 is 23.8 Å². The highest BCUT2D eigenvalue weighted by Crippen LogP contribution is 2.32. The van der Waals surface area contributed by atoms with Gasteiger partial charge >= 0.3 is 5.97 Å². The molecule has 1 N–H and O–H groups in total. The van der Waals surface area contributed by atoms with E-state index >= 15 is 0 Å². The topological polar surface area (TPSA) is 66.8 Å². The Bertz CT molecular complexity index is 788. The number of carboxylic acid groups (broad SMARTS) is 1. The minimum atomic E-state index is -0.995. The molecule has 0 fully saturated rings. The third-order valence-electron chi connectivity index (χ3n) is 3.99. The van der Waals surface area contributed by atoms with Gasteiger partial charge < -0.3 is 14.7 Å². The molecule has 124 valence electrons. The molecular formula is C18H16FNO4. The average molecular weight is 329 g/mol. The fourth-order valence-corrected chi connectivity index (χ4v) is 2.72. The molecule has 5 nitrogen and oxygen atoms in total. The molecule has 0 aromatic heterocycles. The Morgan fingerprint density at radius 1 is 1.25 bits per heavy atom. The van der Waals surface area contributed by atoms with E-state index < -0.39 is 17.9 Å². The maximum absolute atomic E-state index is 13.7. The molecule has 24 heavy (non-hydrogen) atoms. The number of carbonyl (C=O) groups excluding carboxylic acids is 1. The lowest BCUT2D eigenvalue weighted by Gasteiger charge is -2.21. The van der Waals surface area contributed by atoms with Crippen LogP contribution in [0.2, 0.25) is 0 Å². The van der Waals surface area contributed by atoms with Gasteiger partial charge in [-0.3, -0.25) is 4.79 Å². The number of carboxylic acids is 1. The van der Waals surface area contributed by atoms with Crippen molar-refractivity contribution in [2.45, 2.75) is 19.1 Å². The molecule has 3 rings (SSSR count). The molecular weight excluding hydrogens is 313 g/mol. The van der Waals surface area contributed by atoms with E-state index in [1.54, 1.807) is 31.3 Å². The van der Waals surface area contributed by atoms with Crippen LogP contribution in [0.15, 0.2) is 42.5 Å². The molecule has 1 atom stereocenters. The van der Waals surface area contributed by atoms with Crippen molar-refractivity contribution in [3.05, 3.63) is 65.0 Å². The number of rotatable bonds is 4. The molecule has 0 radical (unpaired) electrons. The SMILES string of the molecule is CN(Cc1ccc(C(=O)O)cc1)C(=O)[C@H]1Cc2cccc(F)c2O1. The van der Waals surface area contributed by atoms with Crippen LogP contribution in [0.25, 0.3) is 0 Å². The predicted octanol–water partition coefficient (Wildman–Crippen LogP) is 2.49. The van der Waals surface area contributed by atoms with Crippen molar-refractivity contribution in [3.8, 4) is 5.75 Å². The molecule has 1 aliphatic rings. The molecule has 0 aliphatic carbocycles. The van der Waals surface area contributed by atoms with E-state index in [1.165, 1.54) is 23.1 Å². The summed E-state index contributed by atoms with van der Waals surface area (Å²) in [7, 11) is 1.64. The first-order valence-corrected chi connectivity index (χ1v) is 7.47. The predicted molar refractivity (Wildman–Crippen MR) is 84.4 cm³/mol. The zero-order valence-corrected chi connectivity index (χ0v) is 13.0. The van der Waals surface area contributed by atoms with Gasteiger partial charge in [-0.2, -0.15) is 0 Å². The Morgan fingerprint density at radius 2 is 1.96 bits per heavy atom. The second-order valence-corrected chi connectivity index (χ2v) is 5.74. The number of ether oxygens (including phenoxy) is 1. The fraction of sp³-hybridized carbons (Fsp3) is 0.222. The number of fused-ring (bicyclic) bond motifs is 1. The Kier molecular flexibility index (Phi) is 4.20. The van der Waals surface area contributed by atoms with E-state index in [2.05, 4.69) is 0 Å². The minimum absolute atomic E-state index is 0.148. The summed E-state index contributed by atoms with van der Waals surface area (Å²) in [5, 5.41) is 8.89. The van der Waals surface area contributed by atoms with E-state index in [4.69, 9.17) is 9.84 Å². The Hall–Kier alpha value is -2.89. The van der Waals surface area contributed by atoms with Crippen molar-refractivity contribution in [2.75, 3.05) is 7.05 Å². The maximum atomic E-state index is 13.7. The lowest BCUT2D eigenvalue weighted by Crippen LogP contribution is -2.38. The van der Waals surface area contributed by atoms with Crippen LogP contribution >= 0.6 is 0 Å². The quantitative estimate of drug-likeness (QED) is 0.936. The van der Waals surface area contributed by atoms with Crippen molar-refractivity contribution in [1.29, 1.82) is 0 Å². The van der Waals surface area contributed by atoms with Crippen molar-refractivity contribution >= 4 is 11.9 Å². The van der Waals surface area contributed by atoms with Crippen molar-refractivity contribution in [1.82, 2.24) is 4.90 Å². The number of benzene rings is 2. The van der Waals surface area contributed by atoms with Gasteiger partial charge in [-0.1, -0.05) is 24.3 Å². The highest BCUT2D eigenvalue weighted by Gasteiger charge is 2.32. The Labute approximate surface area is 138 Å². The third-order valence-corrected chi connectivity index (χ3v) is 3.99. The second kappa shape index (κ2) is 6.31. The second-order valence-electron chi connectivity index (χ2n) is 5.74. The van der Waals surface area contributed by atoms with Crippen LogP contribution in [0, 0.1) is 5.82 Å². The number of halogens is 1. The zero-order chi connectivity index (χ0) is 17.3. The summed E-state index contributed by atoms with van der Waals surface area (Å²) in [6.45, 7) is 0.317. The largest absolute Gasteiger partial charge is 0.478 e. The van der Waals surface area contributed by atoms with Gasteiger partial charge in [-0.05, 0) is 23.8 Å². The highest BCUT2D eigenvalue weighted by atomic mass is 19.1. The lowest BCUT2D eigenvalue weighted by molar-refractivity contribution is -0.137. The molecule has 0 saturated heterocycles. The number of carbonyl (C=O) groups is 2. The molecule has 1 aliphatic heterocycles. The van der Waals surface area contributed by atoms with E-state index in [9.17, 15) is 14.0 Å². The fourth-order valence-electron chi connectivity index (χ4n) is 2.72. The molecule has 2 aromatic carbocycles. The molecule has 0 saturated carbocycles. The average Bonchev–Trinajstić information content (AvgIpc) is 3.00. The summed E-state index contributed by atoms with van der Waals surface area (Å²) in [6, 6.07) is 11.0. The number of hydrogen-bond donors (Lipinski definition) is 1.